The Morgan fingerprint density at radius 1 is 1.35 bits per heavy atom. The largest absolute Gasteiger partial charge is 0.376 e. The predicted octanol–water partition coefficient (Wildman–Crippen LogP) is 2.01. The lowest BCUT2D eigenvalue weighted by molar-refractivity contribution is -0.126. The van der Waals surface area contributed by atoms with Crippen LogP contribution in [0.1, 0.15) is 38.3 Å². The number of rotatable bonds is 5. The lowest BCUT2D eigenvalue weighted by atomic mass is 9.97. The van der Waals surface area contributed by atoms with Gasteiger partial charge in [0.1, 0.15) is 0 Å². The van der Waals surface area contributed by atoms with Gasteiger partial charge >= 0.3 is 0 Å². The van der Waals surface area contributed by atoms with Gasteiger partial charge in [-0.05, 0) is 25.3 Å². The van der Waals surface area contributed by atoms with Crippen molar-refractivity contribution in [2.24, 2.45) is 11.7 Å². The maximum Gasteiger partial charge on any atom is 0.224 e. The number of nitrogens with one attached hydrogen (secondary N) is 1. The second-order valence-electron chi connectivity index (χ2n) is 5.60. The first-order valence-corrected chi connectivity index (χ1v) is 7.32. The summed E-state index contributed by atoms with van der Waals surface area (Å²) in [4.78, 5) is 12.3. The number of amides is 1. The average Bonchev–Trinajstić information content (AvgIpc) is 2.98. The van der Waals surface area contributed by atoms with E-state index in [0.29, 0.717) is 0 Å². The van der Waals surface area contributed by atoms with Gasteiger partial charge in [0.2, 0.25) is 5.91 Å². The summed E-state index contributed by atoms with van der Waals surface area (Å²) < 4.78 is 5.76. The SMILES string of the molecule is CC(N)C(C)C(=O)NC(c1ccccc1)C1CCCO1. The molecule has 1 aliphatic heterocycles. The van der Waals surface area contributed by atoms with Crippen LogP contribution >= 0.6 is 0 Å². The third kappa shape index (κ3) is 3.58. The Hall–Kier alpha value is -1.39. The molecule has 4 heteroatoms. The average molecular weight is 276 g/mol. The molecule has 0 aromatic heterocycles. The molecule has 0 radical (unpaired) electrons. The Morgan fingerprint density at radius 3 is 2.60 bits per heavy atom. The third-order valence-electron chi connectivity index (χ3n) is 4.00. The predicted molar refractivity (Wildman–Crippen MR) is 79.1 cm³/mol. The summed E-state index contributed by atoms with van der Waals surface area (Å²) in [5.74, 6) is -0.216. The van der Waals surface area contributed by atoms with Crippen LogP contribution in [0.2, 0.25) is 0 Å². The maximum absolute atomic E-state index is 12.3. The molecule has 1 heterocycles. The molecule has 4 nitrogen and oxygen atoms in total. The van der Waals surface area contributed by atoms with Crippen LogP contribution in [0.25, 0.3) is 0 Å². The molecule has 1 aromatic carbocycles. The maximum atomic E-state index is 12.3. The minimum absolute atomic E-state index is 0.00986. The van der Waals surface area contributed by atoms with Crippen molar-refractivity contribution < 1.29 is 9.53 Å². The topological polar surface area (TPSA) is 64.4 Å². The monoisotopic (exact) mass is 276 g/mol. The highest BCUT2D eigenvalue weighted by Crippen LogP contribution is 2.27. The minimum Gasteiger partial charge on any atom is -0.376 e. The lowest BCUT2D eigenvalue weighted by Gasteiger charge is -2.27. The number of nitrogens with two attached hydrogens (primary N) is 1. The van der Waals surface area contributed by atoms with Crippen molar-refractivity contribution in [3.05, 3.63) is 35.9 Å². The Labute approximate surface area is 120 Å². The zero-order valence-electron chi connectivity index (χ0n) is 12.2. The number of carbonyl (C=O) groups excluding carboxylic acids is 1. The van der Waals surface area contributed by atoms with Crippen LogP contribution in [-0.4, -0.2) is 24.7 Å². The van der Waals surface area contributed by atoms with Crippen LogP contribution in [0.3, 0.4) is 0 Å². The highest BCUT2D eigenvalue weighted by Gasteiger charge is 2.30. The number of benzene rings is 1. The van der Waals surface area contributed by atoms with Crippen molar-refractivity contribution in [3.63, 3.8) is 0 Å². The standard InChI is InChI=1S/C16H24N2O2/c1-11(12(2)17)16(19)18-15(14-9-6-10-20-14)13-7-4-3-5-8-13/h3-5,7-8,11-12,14-15H,6,9-10,17H2,1-2H3,(H,18,19). The molecule has 4 atom stereocenters. The number of carbonyl (C=O) groups is 1. The Morgan fingerprint density at radius 2 is 2.05 bits per heavy atom. The first kappa shape index (κ1) is 15.0. The van der Waals surface area contributed by atoms with Crippen LogP contribution in [-0.2, 0) is 9.53 Å². The summed E-state index contributed by atoms with van der Waals surface area (Å²) in [5.41, 5.74) is 6.90. The van der Waals surface area contributed by atoms with Gasteiger partial charge in [-0.1, -0.05) is 37.3 Å². The summed E-state index contributed by atoms with van der Waals surface area (Å²) in [5, 5.41) is 3.11. The molecule has 1 amide bonds. The quantitative estimate of drug-likeness (QED) is 0.864. The number of hydrogen-bond donors (Lipinski definition) is 2. The summed E-state index contributed by atoms with van der Waals surface area (Å²) in [7, 11) is 0. The summed E-state index contributed by atoms with van der Waals surface area (Å²) in [6, 6.07) is 9.76. The first-order valence-electron chi connectivity index (χ1n) is 7.32. The van der Waals surface area contributed by atoms with Crippen LogP contribution < -0.4 is 11.1 Å². The van der Waals surface area contributed by atoms with Gasteiger partial charge in [0.05, 0.1) is 12.1 Å². The molecular formula is C16H24N2O2. The molecule has 20 heavy (non-hydrogen) atoms. The molecule has 0 spiro atoms. The summed E-state index contributed by atoms with van der Waals surface area (Å²) in [6.07, 6.45) is 2.08. The lowest BCUT2D eigenvalue weighted by Crippen LogP contribution is -2.43. The van der Waals surface area contributed by atoms with Gasteiger partial charge in [-0.25, -0.2) is 0 Å². The van der Waals surface area contributed by atoms with Gasteiger partial charge in [0.25, 0.3) is 0 Å². The van der Waals surface area contributed by atoms with Gasteiger partial charge < -0.3 is 15.8 Å². The van der Waals surface area contributed by atoms with E-state index >= 15 is 0 Å². The van der Waals surface area contributed by atoms with Gasteiger partial charge in [-0.3, -0.25) is 4.79 Å². The molecule has 0 saturated carbocycles. The molecule has 4 unspecified atom stereocenters. The molecule has 3 N–H and O–H groups in total. The van der Waals surface area contributed by atoms with Crippen molar-refractivity contribution in [2.45, 2.75) is 44.9 Å². The third-order valence-corrected chi connectivity index (χ3v) is 4.00. The van der Waals surface area contributed by atoms with Crippen LogP contribution in [0.15, 0.2) is 30.3 Å². The Balaban J connectivity index is 2.13. The van der Waals surface area contributed by atoms with Crippen LogP contribution in [0, 0.1) is 5.92 Å². The van der Waals surface area contributed by atoms with E-state index in [2.05, 4.69) is 5.32 Å². The zero-order valence-corrected chi connectivity index (χ0v) is 12.2. The van der Waals surface area contributed by atoms with E-state index in [1.54, 1.807) is 0 Å². The van der Waals surface area contributed by atoms with E-state index in [4.69, 9.17) is 10.5 Å². The molecular weight excluding hydrogens is 252 g/mol. The van der Waals surface area contributed by atoms with Crippen molar-refractivity contribution >= 4 is 5.91 Å². The molecule has 0 bridgehead atoms. The minimum atomic E-state index is -0.206. The normalized spacial score (nSPS) is 23.1. The zero-order chi connectivity index (χ0) is 14.5. The van der Waals surface area contributed by atoms with E-state index in [1.165, 1.54) is 0 Å². The number of ether oxygens (including phenoxy) is 1. The van der Waals surface area contributed by atoms with Gasteiger partial charge in [-0.15, -0.1) is 0 Å². The van der Waals surface area contributed by atoms with Crippen molar-refractivity contribution in [3.8, 4) is 0 Å². The summed E-state index contributed by atoms with van der Waals surface area (Å²) in [6.45, 7) is 4.48. The molecule has 1 fully saturated rings. The Kier molecular flexibility index (Phi) is 5.15. The Bertz CT molecular complexity index is 427. The molecule has 1 saturated heterocycles. The number of hydrogen-bond acceptors (Lipinski definition) is 3. The fraction of sp³-hybridized carbons (Fsp3) is 0.562. The van der Waals surface area contributed by atoms with E-state index in [-0.39, 0.29) is 30.0 Å². The highest BCUT2D eigenvalue weighted by atomic mass is 16.5. The van der Waals surface area contributed by atoms with Crippen molar-refractivity contribution in [1.82, 2.24) is 5.32 Å². The highest BCUT2D eigenvalue weighted by molar-refractivity contribution is 5.79. The van der Waals surface area contributed by atoms with E-state index in [0.717, 1.165) is 25.0 Å². The van der Waals surface area contributed by atoms with Crippen molar-refractivity contribution in [2.75, 3.05) is 6.61 Å². The van der Waals surface area contributed by atoms with Gasteiger partial charge in [-0.2, -0.15) is 0 Å². The van der Waals surface area contributed by atoms with Gasteiger partial charge in [0, 0.05) is 18.6 Å². The van der Waals surface area contributed by atoms with Gasteiger partial charge in [0.15, 0.2) is 0 Å². The molecule has 1 aromatic rings. The van der Waals surface area contributed by atoms with E-state index in [1.807, 2.05) is 44.2 Å². The van der Waals surface area contributed by atoms with Crippen molar-refractivity contribution in [1.29, 1.82) is 0 Å². The second-order valence-corrected chi connectivity index (χ2v) is 5.60. The van der Waals surface area contributed by atoms with E-state index < -0.39 is 0 Å². The molecule has 110 valence electrons. The fourth-order valence-corrected chi connectivity index (χ4v) is 2.44. The summed E-state index contributed by atoms with van der Waals surface area (Å²) >= 11 is 0. The smallest absolute Gasteiger partial charge is 0.224 e. The molecule has 2 rings (SSSR count). The van der Waals surface area contributed by atoms with Crippen LogP contribution in [0.5, 0.6) is 0 Å². The first-order chi connectivity index (χ1) is 9.59. The second kappa shape index (κ2) is 6.86. The van der Waals surface area contributed by atoms with E-state index in [9.17, 15) is 4.79 Å². The fourth-order valence-electron chi connectivity index (χ4n) is 2.44. The molecule has 0 aliphatic carbocycles. The molecule has 1 aliphatic rings. The van der Waals surface area contributed by atoms with Crippen LogP contribution in [0.4, 0.5) is 0 Å².